The summed E-state index contributed by atoms with van der Waals surface area (Å²) in [5.74, 6) is 1.51. The van der Waals surface area contributed by atoms with Gasteiger partial charge in [0.1, 0.15) is 6.61 Å². The van der Waals surface area contributed by atoms with E-state index in [0.29, 0.717) is 6.61 Å². The second-order valence-corrected chi connectivity index (χ2v) is 4.88. The molecule has 3 heteroatoms. The molecule has 0 unspecified atom stereocenters. The standard InChI is InChI=1S/C15H15BrO2/c1-11-7-8-12(9-13(11)16)10-18-15-6-4-3-5-14(15)17-2/h3-9H,10H2,1-2H3. The maximum Gasteiger partial charge on any atom is 0.161 e. The molecule has 0 bridgehead atoms. The van der Waals surface area contributed by atoms with E-state index in [0.717, 1.165) is 21.5 Å². The molecule has 0 aromatic heterocycles. The summed E-state index contributed by atoms with van der Waals surface area (Å²) in [4.78, 5) is 0. The molecule has 0 heterocycles. The van der Waals surface area contributed by atoms with Crippen molar-refractivity contribution in [1.82, 2.24) is 0 Å². The first kappa shape index (κ1) is 13.0. The average molecular weight is 307 g/mol. The minimum atomic E-state index is 0.527. The number of hydrogen-bond donors (Lipinski definition) is 0. The van der Waals surface area contributed by atoms with E-state index in [-0.39, 0.29) is 0 Å². The summed E-state index contributed by atoms with van der Waals surface area (Å²) < 4.78 is 12.1. The van der Waals surface area contributed by atoms with Gasteiger partial charge in [0, 0.05) is 4.47 Å². The Morgan fingerprint density at radius 3 is 2.44 bits per heavy atom. The number of aryl methyl sites for hydroxylation is 1. The van der Waals surface area contributed by atoms with Gasteiger partial charge in [-0.25, -0.2) is 0 Å². The van der Waals surface area contributed by atoms with Crippen LogP contribution in [-0.4, -0.2) is 7.11 Å². The van der Waals surface area contributed by atoms with Crippen LogP contribution >= 0.6 is 15.9 Å². The van der Waals surface area contributed by atoms with Gasteiger partial charge in [-0.2, -0.15) is 0 Å². The Morgan fingerprint density at radius 2 is 1.78 bits per heavy atom. The van der Waals surface area contributed by atoms with Crippen LogP contribution in [0, 0.1) is 6.92 Å². The summed E-state index contributed by atoms with van der Waals surface area (Å²) in [6.07, 6.45) is 0. The van der Waals surface area contributed by atoms with Crippen LogP contribution in [0.15, 0.2) is 46.9 Å². The highest BCUT2D eigenvalue weighted by atomic mass is 79.9. The Balaban J connectivity index is 2.09. The van der Waals surface area contributed by atoms with E-state index in [9.17, 15) is 0 Å². The van der Waals surface area contributed by atoms with Gasteiger partial charge < -0.3 is 9.47 Å². The molecule has 0 saturated heterocycles. The third-order valence-corrected chi connectivity index (χ3v) is 3.55. The zero-order valence-corrected chi connectivity index (χ0v) is 12.0. The van der Waals surface area contributed by atoms with Crippen LogP contribution in [0.2, 0.25) is 0 Å². The highest BCUT2D eigenvalue weighted by molar-refractivity contribution is 9.10. The Kier molecular flexibility index (Phi) is 4.26. The van der Waals surface area contributed by atoms with Gasteiger partial charge in [-0.05, 0) is 36.2 Å². The van der Waals surface area contributed by atoms with Crippen molar-refractivity contribution in [2.75, 3.05) is 7.11 Å². The molecule has 0 aliphatic rings. The van der Waals surface area contributed by atoms with E-state index < -0.39 is 0 Å². The zero-order chi connectivity index (χ0) is 13.0. The predicted octanol–water partition coefficient (Wildman–Crippen LogP) is 4.35. The van der Waals surface area contributed by atoms with Crippen LogP contribution in [0.1, 0.15) is 11.1 Å². The Hall–Kier alpha value is -1.48. The van der Waals surface area contributed by atoms with Crippen LogP contribution in [0.5, 0.6) is 11.5 Å². The van der Waals surface area contributed by atoms with Gasteiger partial charge in [0.05, 0.1) is 7.11 Å². The van der Waals surface area contributed by atoms with Gasteiger partial charge in [-0.15, -0.1) is 0 Å². The fraction of sp³-hybridized carbons (Fsp3) is 0.200. The molecular weight excluding hydrogens is 292 g/mol. The van der Waals surface area contributed by atoms with E-state index in [4.69, 9.17) is 9.47 Å². The second kappa shape index (κ2) is 5.91. The molecule has 94 valence electrons. The zero-order valence-electron chi connectivity index (χ0n) is 10.4. The maximum atomic E-state index is 5.76. The van der Waals surface area contributed by atoms with Crippen LogP contribution in [0.4, 0.5) is 0 Å². The lowest BCUT2D eigenvalue weighted by Gasteiger charge is -2.10. The first-order valence-corrected chi connectivity index (χ1v) is 6.51. The van der Waals surface area contributed by atoms with Crippen LogP contribution in [0.25, 0.3) is 0 Å². The SMILES string of the molecule is COc1ccccc1OCc1ccc(C)c(Br)c1. The lowest BCUT2D eigenvalue weighted by molar-refractivity contribution is 0.284. The van der Waals surface area contributed by atoms with Crippen molar-refractivity contribution in [2.24, 2.45) is 0 Å². The Morgan fingerprint density at radius 1 is 1.06 bits per heavy atom. The van der Waals surface area contributed by atoms with Gasteiger partial charge in [0.2, 0.25) is 0 Å². The average Bonchev–Trinajstić information content (AvgIpc) is 2.40. The van der Waals surface area contributed by atoms with E-state index in [1.807, 2.05) is 24.3 Å². The summed E-state index contributed by atoms with van der Waals surface area (Å²) in [6.45, 7) is 2.59. The number of methoxy groups -OCH3 is 1. The second-order valence-electron chi connectivity index (χ2n) is 4.02. The van der Waals surface area contributed by atoms with Gasteiger partial charge in [-0.1, -0.05) is 40.2 Å². The molecule has 0 N–H and O–H groups in total. The Labute approximate surface area is 116 Å². The minimum Gasteiger partial charge on any atom is -0.493 e. The molecule has 2 aromatic rings. The fourth-order valence-electron chi connectivity index (χ4n) is 1.63. The van der Waals surface area contributed by atoms with Crippen LogP contribution in [0.3, 0.4) is 0 Å². The van der Waals surface area contributed by atoms with Gasteiger partial charge in [0.25, 0.3) is 0 Å². The lowest BCUT2D eigenvalue weighted by Crippen LogP contribution is -1.97. The molecule has 0 aliphatic heterocycles. The van der Waals surface area contributed by atoms with Gasteiger partial charge in [-0.3, -0.25) is 0 Å². The molecule has 18 heavy (non-hydrogen) atoms. The van der Waals surface area contributed by atoms with Crippen molar-refractivity contribution < 1.29 is 9.47 Å². The fourth-order valence-corrected chi connectivity index (χ4v) is 2.05. The number of benzene rings is 2. The molecule has 0 saturated carbocycles. The summed E-state index contributed by atoms with van der Waals surface area (Å²) in [7, 11) is 1.64. The quantitative estimate of drug-likeness (QED) is 0.836. The van der Waals surface area contributed by atoms with Crippen molar-refractivity contribution in [3.05, 3.63) is 58.1 Å². The normalized spacial score (nSPS) is 10.2. The Bertz CT molecular complexity index is 538. The highest BCUT2D eigenvalue weighted by Crippen LogP contribution is 2.27. The minimum absolute atomic E-state index is 0.527. The molecule has 0 aliphatic carbocycles. The predicted molar refractivity (Wildman–Crippen MR) is 76.2 cm³/mol. The topological polar surface area (TPSA) is 18.5 Å². The molecule has 0 fully saturated rings. The van der Waals surface area contributed by atoms with Gasteiger partial charge in [0.15, 0.2) is 11.5 Å². The monoisotopic (exact) mass is 306 g/mol. The molecule has 2 aromatic carbocycles. The summed E-state index contributed by atoms with van der Waals surface area (Å²) >= 11 is 3.52. The molecule has 0 amide bonds. The van der Waals surface area contributed by atoms with Crippen molar-refractivity contribution in [1.29, 1.82) is 0 Å². The third kappa shape index (κ3) is 3.05. The third-order valence-electron chi connectivity index (χ3n) is 2.70. The summed E-state index contributed by atoms with van der Waals surface area (Å²) in [6, 6.07) is 13.9. The van der Waals surface area contributed by atoms with Crippen molar-refractivity contribution in [2.45, 2.75) is 13.5 Å². The number of halogens is 1. The van der Waals surface area contributed by atoms with E-state index in [1.54, 1.807) is 7.11 Å². The molecule has 0 spiro atoms. The number of para-hydroxylation sites is 2. The number of ether oxygens (including phenoxy) is 2. The van der Waals surface area contributed by atoms with Gasteiger partial charge >= 0.3 is 0 Å². The van der Waals surface area contributed by atoms with E-state index in [1.165, 1.54) is 5.56 Å². The number of rotatable bonds is 4. The van der Waals surface area contributed by atoms with Crippen molar-refractivity contribution in [3.63, 3.8) is 0 Å². The van der Waals surface area contributed by atoms with Crippen molar-refractivity contribution in [3.8, 4) is 11.5 Å². The lowest BCUT2D eigenvalue weighted by atomic mass is 10.2. The molecule has 0 radical (unpaired) electrons. The largest absolute Gasteiger partial charge is 0.493 e. The molecule has 2 rings (SSSR count). The summed E-state index contributed by atoms with van der Waals surface area (Å²) in [5.41, 5.74) is 2.34. The summed E-state index contributed by atoms with van der Waals surface area (Å²) in [5, 5.41) is 0. The smallest absolute Gasteiger partial charge is 0.161 e. The highest BCUT2D eigenvalue weighted by Gasteiger charge is 2.03. The molecule has 2 nitrogen and oxygen atoms in total. The van der Waals surface area contributed by atoms with Crippen LogP contribution < -0.4 is 9.47 Å². The van der Waals surface area contributed by atoms with Crippen molar-refractivity contribution >= 4 is 15.9 Å². The maximum absolute atomic E-state index is 5.76. The first-order valence-electron chi connectivity index (χ1n) is 5.71. The molecular formula is C15H15BrO2. The van der Waals surface area contributed by atoms with E-state index >= 15 is 0 Å². The van der Waals surface area contributed by atoms with Crippen LogP contribution in [-0.2, 0) is 6.61 Å². The van der Waals surface area contributed by atoms with E-state index in [2.05, 4.69) is 41.1 Å². The number of hydrogen-bond acceptors (Lipinski definition) is 2. The molecule has 0 atom stereocenters. The first-order chi connectivity index (χ1) is 8.70.